The summed E-state index contributed by atoms with van der Waals surface area (Å²) in [6.45, 7) is 3.09. The number of benzene rings is 2. The van der Waals surface area contributed by atoms with Crippen LogP contribution in [-0.2, 0) is 0 Å². The van der Waals surface area contributed by atoms with Crippen LogP contribution >= 0.6 is 0 Å². The highest BCUT2D eigenvalue weighted by atomic mass is 16.5. The van der Waals surface area contributed by atoms with Crippen LogP contribution in [0.4, 0.5) is 0 Å². The number of hydrogen-bond acceptors (Lipinski definition) is 6. The van der Waals surface area contributed by atoms with Crippen molar-refractivity contribution in [2.75, 3.05) is 47.4 Å². The van der Waals surface area contributed by atoms with Crippen LogP contribution in [0.1, 0.15) is 10.5 Å². The summed E-state index contributed by atoms with van der Waals surface area (Å²) in [5, 5.41) is 0. The number of likely N-dealkylation sites (N-methyl/N-ethyl adjacent to an activating group) is 1. The maximum Gasteiger partial charge on any atom is 0.274 e. The lowest BCUT2D eigenvalue weighted by Crippen LogP contribution is -2.47. The lowest BCUT2D eigenvalue weighted by atomic mass is 10.0. The summed E-state index contributed by atoms with van der Waals surface area (Å²) in [4.78, 5) is 26.6. The Kier molecular flexibility index (Phi) is 6.13. The molecule has 31 heavy (non-hydrogen) atoms. The van der Waals surface area contributed by atoms with E-state index in [4.69, 9.17) is 14.5 Å². The molecule has 0 unspecified atom stereocenters. The molecule has 1 aliphatic rings. The van der Waals surface area contributed by atoms with E-state index in [1.54, 1.807) is 20.4 Å². The summed E-state index contributed by atoms with van der Waals surface area (Å²) in [5.74, 6) is 1.44. The first-order chi connectivity index (χ1) is 15.1. The standard InChI is InChI=1S/C24H26N4O3/c1-27-12-14-28(15-13-27)24(29)21-16-25-22(17-4-8-19(30-2)9-5-17)23(26-21)18-6-10-20(31-3)11-7-18/h4-11,16H,12-15H2,1-3H3. The molecule has 1 saturated heterocycles. The van der Waals surface area contributed by atoms with Crippen LogP contribution in [0.5, 0.6) is 11.5 Å². The Morgan fingerprint density at radius 3 is 1.84 bits per heavy atom. The second-order valence-corrected chi connectivity index (χ2v) is 7.50. The topological polar surface area (TPSA) is 67.8 Å². The minimum atomic E-state index is -0.0864. The molecule has 0 N–H and O–H groups in total. The van der Waals surface area contributed by atoms with E-state index in [9.17, 15) is 4.79 Å². The smallest absolute Gasteiger partial charge is 0.274 e. The van der Waals surface area contributed by atoms with Gasteiger partial charge in [0.1, 0.15) is 17.2 Å². The van der Waals surface area contributed by atoms with Gasteiger partial charge in [-0.2, -0.15) is 0 Å². The molecule has 1 aromatic heterocycles. The van der Waals surface area contributed by atoms with E-state index in [2.05, 4.69) is 16.9 Å². The third-order valence-corrected chi connectivity index (χ3v) is 5.51. The van der Waals surface area contributed by atoms with Crippen molar-refractivity contribution in [3.8, 4) is 34.0 Å². The lowest BCUT2D eigenvalue weighted by molar-refractivity contribution is 0.0658. The number of piperazine rings is 1. The van der Waals surface area contributed by atoms with Gasteiger partial charge in [0.2, 0.25) is 0 Å². The van der Waals surface area contributed by atoms with Crippen molar-refractivity contribution in [2.24, 2.45) is 0 Å². The molecule has 4 rings (SSSR count). The molecule has 2 aromatic carbocycles. The first kappa shape index (κ1) is 20.8. The van der Waals surface area contributed by atoms with Crippen molar-refractivity contribution in [3.05, 3.63) is 60.4 Å². The summed E-state index contributed by atoms with van der Waals surface area (Å²) in [5.41, 5.74) is 3.49. The molecule has 0 aliphatic carbocycles. The lowest BCUT2D eigenvalue weighted by Gasteiger charge is -2.32. The van der Waals surface area contributed by atoms with Gasteiger partial charge in [0.15, 0.2) is 0 Å². The predicted octanol–water partition coefficient (Wildman–Crippen LogP) is 3.22. The molecule has 3 aromatic rings. The Bertz CT molecular complexity index is 1040. The largest absolute Gasteiger partial charge is 0.497 e. The van der Waals surface area contributed by atoms with Crippen LogP contribution in [0, 0.1) is 0 Å². The molecular formula is C24H26N4O3. The Labute approximate surface area is 182 Å². The number of ether oxygens (including phenoxy) is 2. The van der Waals surface area contributed by atoms with Crippen LogP contribution in [0.25, 0.3) is 22.5 Å². The molecular weight excluding hydrogens is 392 g/mol. The van der Waals surface area contributed by atoms with Crippen LogP contribution < -0.4 is 9.47 Å². The van der Waals surface area contributed by atoms with Gasteiger partial charge >= 0.3 is 0 Å². The van der Waals surface area contributed by atoms with Crippen molar-refractivity contribution >= 4 is 5.91 Å². The third-order valence-electron chi connectivity index (χ3n) is 5.51. The Hall–Kier alpha value is -3.45. The van der Waals surface area contributed by atoms with Gasteiger partial charge in [0.05, 0.1) is 31.8 Å². The van der Waals surface area contributed by atoms with E-state index in [1.165, 1.54) is 0 Å². The zero-order valence-corrected chi connectivity index (χ0v) is 18.0. The molecule has 0 radical (unpaired) electrons. The van der Waals surface area contributed by atoms with Crippen LogP contribution in [-0.4, -0.2) is 73.1 Å². The monoisotopic (exact) mass is 418 g/mol. The summed E-state index contributed by atoms with van der Waals surface area (Å²) in [7, 11) is 5.33. The number of carbonyl (C=O) groups excluding carboxylic acids is 1. The van der Waals surface area contributed by atoms with Gasteiger partial charge in [-0.05, 0) is 55.6 Å². The minimum absolute atomic E-state index is 0.0864. The maximum atomic E-state index is 13.1. The normalized spacial score (nSPS) is 14.4. The third kappa shape index (κ3) is 4.51. The predicted molar refractivity (Wildman–Crippen MR) is 119 cm³/mol. The fourth-order valence-corrected chi connectivity index (χ4v) is 3.57. The first-order valence-corrected chi connectivity index (χ1v) is 10.2. The first-order valence-electron chi connectivity index (χ1n) is 10.2. The average molecular weight is 418 g/mol. The highest BCUT2D eigenvalue weighted by molar-refractivity contribution is 5.93. The van der Waals surface area contributed by atoms with Crippen molar-refractivity contribution in [1.29, 1.82) is 0 Å². The summed E-state index contributed by atoms with van der Waals surface area (Å²) < 4.78 is 10.5. The van der Waals surface area contributed by atoms with Gasteiger partial charge in [-0.25, -0.2) is 4.98 Å². The summed E-state index contributed by atoms with van der Waals surface area (Å²) in [6, 6.07) is 15.3. The van der Waals surface area contributed by atoms with Gasteiger partial charge < -0.3 is 19.3 Å². The van der Waals surface area contributed by atoms with E-state index >= 15 is 0 Å². The molecule has 7 heteroatoms. The fourth-order valence-electron chi connectivity index (χ4n) is 3.57. The number of hydrogen-bond donors (Lipinski definition) is 0. The van der Waals surface area contributed by atoms with E-state index < -0.39 is 0 Å². The van der Waals surface area contributed by atoms with E-state index in [-0.39, 0.29) is 5.91 Å². The molecule has 2 heterocycles. The average Bonchev–Trinajstić information content (AvgIpc) is 2.84. The zero-order chi connectivity index (χ0) is 21.8. The summed E-state index contributed by atoms with van der Waals surface area (Å²) >= 11 is 0. The van der Waals surface area contributed by atoms with Gasteiger partial charge in [0, 0.05) is 37.3 Å². The van der Waals surface area contributed by atoms with Gasteiger partial charge in [0.25, 0.3) is 5.91 Å². The van der Waals surface area contributed by atoms with Gasteiger partial charge in [-0.3, -0.25) is 9.78 Å². The molecule has 7 nitrogen and oxygen atoms in total. The van der Waals surface area contributed by atoms with Gasteiger partial charge in [-0.1, -0.05) is 0 Å². The SMILES string of the molecule is COc1ccc(-c2ncc(C(=O)N3CCN(C)CC3)nc2-c2ccc(OC)cc2)cc1. The number of methoxy groups -OCH3 is 2. The second-order valence-electron chi connectivity index (χ2n) is 7.50. The highest BCUT2D eigenvalue weighted by Gasteiger charge is 2.23. The van der Waals surface area contributed by atoms with Crippen molar-refractivity contribution in [3.63, 3.8) is 0 Å². The van der Waals surface area contributed by atoms with Gasteiger partial charge in [-0.15, -0.1) is 0 Å². The van der Waals surface area contributed by atoms with Crippen LogP contribution in [0.2, 0.25) is 0 Å². The van der Waals surface area contributed by atoms with E-state index in [1.807, 2.05) is 53.4 Å². The van der Waals surface area contributed by atoms with E-state index in [0.717, 1.165) is 35.7 Å². The number of aromatic nitrogens is 2. The Balaban J connectivity index is 1.74. The molecule has 0 atom stereocenters. The van der Waals surface area contributed by atoms with Crippen LogP contribution in [0.3, 0.4) is 0 Å². The van der Waals surface area contributed by atoms with Crippen molar-refractivity contribution < 1.29 is 14.3 Å². The van der Waals surface area contributed by atoms with Crippen molar-refractivity contribution in [1.82, 2.24) is 19.8 Å². The number of amides is 1. The molecule has 0 bridgehead atoms. The fraction of sp³-hybridized carbons (Fsp3) is 0.292. The number of carbonyl (C=O) groups is 1. The Morgan fingerprint density at radius 2 is 1.32 bits per heavy atom. The second kappa shape index (κ2) is 9.14. The minimum Gasteiger partial charge on any atom is -0.497 e. The zero-order valence-electron chi connectivity index (χ0n) is 18.0. The van der Waals surface area contributed by atoms with Crippen molar-refractivity contribution in [2.45, 2.75) is 0 Å². The number of rotatable bonds is 5. The molecule has 0 saturated carbocycles. The van der Waals surface area contributed by atoms with Crippen LogP contribution in [0.15, 0.2) is 54.7 Å². The quantitative estimate of drug-likeness (QED) is 0.634. The molecule has 1 aliphatic heterocycles. The molecule has 1 amide bonds. The summed E-state index contributed by atoms with van der Waals surface area (Å²) in [6.07, 6.45) is 1.58. The molecule has 0 spiro atoms. The number of nitrogens with zero attached hydrogens (tertiary/aromatic N) is 4. The molecule has 1 fully saturated rings. The Morgan fingerprint density at radius 1 is 0.806 bits per heavy atom. The van der Waals surface area contributed by atoms with E-state index in [0.29, 0.717) is 30.2 Å². The highest BCUT2D eigenvalue weighted by Crippen LogP contribution is 2.31. The maximum absolute atomic E-state index is 13.1. The molecule has 160 valence electrons.